The SMILES string of the molecule is CC(CNC(=O)C(O)c1ccccc1)c1cccs1. The third-order valence-corrected chi connectivity index (χ3v) is 4.08. The van der Waals surface area contributed by atoms with Crippen molar-refractivity contribution in [3.8, 4) is 0 Å². The van der Waals surface area contributed by atoms with Crippen LogP contribution in [0.5, 0.6) is 0 Å². The minimum absolute atomic E-state index is 0.256. The van der Waals surface area contributed by atoms with E-state index in [2.05, 4.69) is 18.3 Å². The molecule has 0 bridgehead atoms. The van der Waals surface area contributed by atoms with Crippen molar-refractivity contribution in [3.63, 3.8) is 0 Å². The summed E-state index contributed by atoms with van der Waals surface area (Å²) in [4.78, 5) is 13.1. The van der Waals surface area contributed by atoms with Crippen LogP contribution in [0.3, 0.4) is 0 Å². The molecule has 0 saturated carbocycles. The highest BCUT2D eigenvalue weighted by Gasteiger charge is 2.17. The molecule has 0 spiro atoms. The van der Waals surface area contributed by atoms with Gasteiger partial charge in [0, 0.05) is 17.3 Å². The number of hydrogen-bond donors (Lipinski definition) is 2. The first-order chi connectivity index (χ1) is 9.18. The fourth-order valence-corrected chi connectivity index (χ4v) is 2.60. The zero-order chi connectivity index (χ0) is 13.7. The van der Waals surface area contributed by atoms with Gasteiger partial charge in [0.2, 0.25) is 0 Å². The summed E-state index contributed by atoms with van der Waals surface area (Å²) >= 11 is 1.67. The van der Waals surface area contributed by atoms with Gasteiger partial charge in [0.25, 0.3) is 5.91 Å². The van der Waals surface area contributed by atoms with Gasteiger partial charge >= 0.3 is 0 Å². The molecule has 1 aromatic heterocycles. The van der Waals surface area contributed by atoms with Gasteiger partial charge in [0.05, 0.1) is 0 Å². The number of aliphatic hydroxyl groups excluding tert-OH is 1. The minimum Gasteiger partial charge on any atom is -0.378 e. The van der Waals surface area contributed by atoms with E-state index in [4.69, 9.17) is 0 Å². The fraction of sp³-hybridized carbons (Fsp3) is 0.267. The van der Waals surface area contributed by atoms with Crippen molar-refractivity contribution in [3.05, 3.63) is 58.3 Å². The molecule has 0 fully saturated rings. The van der Waals surface area contributed by atoms with E-state index < -0.39 is 6.10 Å². The second-order valence-corrected chi connectivity index (χ2v) is 5.45. The van der Waals surface area contributed by atoms with Crippen LogP contribution in [0.2, 0.25) is 0 Å². The van der Waals surface area contributed by atoms with Crippen LogP contribution in [0.1, 0.15) is 29.4 Å². The highest BCUT2D eigenvalue weighted by molar-refractivity contribution is 7.10. The van der Waals surface area contributed by atoms with Gasteiger partial charge in [-0.1, -0.05) is 43.3 Å². The predicted molar refractivity (Wildman–Crippen MR) is 77.1 cm³/mol. The second-order valence-electron chi connectivity index (χ2n) is 4.47. The summed E-state index contributed by atoms with van der Waals surface area (Å²) in [6.07, 6.45) is -1.10. The van der Waals surface area contributed by atoms with Crippen LogP contribution < -0.4 is 5.32 Å². The summed E-state index contributed by atoms with van der Waals surface area (Å²) in [5.74, 6) is -0.0958. The monoisotopic (exact) mass is 275 g/mol. The van der Waals surface area contributed by atoms with E-state index in [1.54, 1.807) is 35.6 Å². The predicted octanol–water partition coefficient (Wildman–Crippen LogP) is 2.70. The Morgan fingerprint density at radius 3 is 2.63 bits per heavy atom. The topological polar surface area (TPSA) is 49.3 Å². The molecule has 0 radical (unpaired) electrons. The number of carbonyl (C=O) groups is 1. The van der Waals surface area contributed by atoms with Crippen LogP contribution in [-0.4, -0.2) is 17.6 Å². The van der Waals surface area contributed by atoms with Crippen LogP contribution in [0.25, 0.3) is 0 Å². The van der Waals surface area contributed by atoms with E-state index >= 15 is 0 Å². The van der Waals surface area contributed by atoms with E-state index in [9.17, 15) is 9.90 Å². The zero-order valence-corrected chi connectivity index (χ0v) is 11.6. The Balaban J connectivity index is 1.88. The summed E-state index contributed by atoms with van der Waals surface area (Å²) in [5.41, 5.74) is 0.615. The van der Waals surface area contributed by atoms with E-state index in [0.717, 1.165) is 0 Å². The Labute approximate surface area is 116 Å². The average Bonchev–Trinajstić information content (AvgIpc) is 2.98. The molecule has 1 aromatic carbocycles. The Kier molecular flexibility index (Phi) is 4.71. The van der Waals surface area contributed by atoms with Gasteiger partial charge in [-0.3, -0.25) is 4.79 Å². The maximum Gasteiger partial charge on any atom is 0.253 e. The number of hydrogen-bond acceptors (Lipinski definition) is 3. The van der Waals surface area contributed by atoms with Gasteiger partial charge in [0.1, 0.15) is 0 Å². The summed E-state index contributed by atoms with van der Waals surface area (Å²) in [6, 6.07) is 13.0. The minimum atomic E-state index is -1.10. The summed E-state index contributed by atoms with van der Waals surface area (Å²) in [7, 11) is 0. The number of amides is 1. The molecule has 1 heterocycles. The Morgan fingerprint density at radius 2 is 2.00 bits per heavy atom. The molecule has 2 atom stereocenters. The Morgan fingerprint density at radius 1 is 1.26 bits per heavy atom. The van der Waals surface area contributed by atoms with Gasteiger partial charge in [-0.15, -0.1) is 11.3 Å². The highest BCUT2D eigenvalue weighted by atomic mass is 32.1. The number of aliphatic hydroxyl groups is 1. The number of rotatable bonds is 5. The van der Waals surface area contributed by atoms with Crippen LogP contribution >= 0.6 is 11.3 Å². The van der Waals surface area contributed by atoms with Crippen LogP contribution in [0, 0.1) is 0 Å². The molecule has 2 rings (SSSR count). The van der Waals surface area contributed by atoms with Gasteiger partial charge in [-0.05, 0) is 17.0 Å². The van der Waals surface area contributed by atoms with Crippen molar-refractivity contribution < 1.29 is 9.90 Å². The van der Waals surface area contributed by atoms with Crippen molar-refractivity contribution in [1.29, 1.82) is 0 Å². The molecule has 3 nitrogen and oxygen atoms in total. The van der Waals surface area contributed by atoms with E-state index in [-0.39, 0.29) is 11.8 Å². The maximum atomic E-state index is 11.9. The third kappa shape index (κ3) is 3.66. The normalized spacial score (nSPS) is 13.8. The molecule has 4 heteroatoms. The largest absolute Gasteiger partial charge is 0.378 e. The molecule has 2 unspecified atom stereocenters. The lowest BCUT2D eigenvalue weighted by atomic mass is 10.1. The van der Waals surface area contributed by atoms with Gasteiger partial charge < -0.3 is 10.4 Å². The van der Waals surface area contributed by atoms with E-state index in [1.165, 1.54) is 4.88 Å². The smallest absolute Gasteiger partial charge is 0.253 e. The highest BCUT2D eigenvalue weighted by Crippen LogP contribution is 2.20. The molecule has 0 aliphatic heterocycles. The van der Waals surface area contributed by atoms with Crippen LogP contribution in [0.15, 0.2) is 47.8 Å². The standard InChI is InChI=1S/C15H17NO2S/c1-11(13-8-5-9-19-13)10-16-15(18)14(17)12-6-3-2-4-7-12/h2-9,11,14,17H,10H2,1H3,(H,16,18). The molecule has 0 saturated heterocycles. The number of nitrogens with one attached hydrogen (secondary N) is 1. The number of benzene rings is 1. The molecule has 0 aliphatic rings. The molecule has 19 heavy (non-hydrogen) atoms. The Hall–Kier alpha value is -1.65. The molecule has 2 aromatic rings. The fourth-order valence-electron chi connectivity index (χ4n) is 1.81. The van der Waals surface area contributed by atoms with Gasteiger partial charge in [-0.25, -0.2) is 0 Å². The molecular weight excluding hydrogens is 258 g/mol. The summed E-state index contributed by atoms with van der Waals surface area (Å²) in [6.45, 7) is 2.59. The summed E-state index contributed by atoms with van der Waals surface area (Å²) < 4.78 is 0. The molecular formula is C15H17NO2S. The van der Waals surface area contributed by atoms with Crippen LogP contribution in [0.4, 0.5) is 0 Å². The zero-order valence-electron chi connectivity index (χ0n) is 10.7. The van der Waals surface area contributed by atoms with Gasteiger partial charge in [0.15, 0.2) is 6.10 Å². The molecule has 0 aliphatic carbocycles. The van der Waals surface area contributed by atoms with Crippen molar-refractivity contribution in [1.82, 2.24) is 5.32 Å². The lowest BCUT2D eigenvalue weighted by Gasteiger charge is -2.14. The van der Waals surface area contributed by atoms with Gasteiger partial charge in [-0.2, -0.15) is 0 Å². The Bertz CT molecular complexity index is 510. The molecule has 2 N–H and O–H groups in total. The van der Waals surface area contributed by atoms with Crippen molar-refractivity contribution >= 4 is 17.2 Å². The van der Waals surface area contributed by atoms with Crippen molar-refractivity contribution in [2.24, 2.45) is 0 Å². The first-order valence-electron chi connectivity index (χ1n) is 6.22. The quantitative estimate of drug-likeness (QED) is 0.881. The molecule has 1 amide bonds. The maximum absolute atomic E-state index is 11.9. The average molecular weight is 275 g/mol. The van der Waals surface area contributed by atoms with Crippen molar-refractivity contribution in [2.75, 3.05) is 6.54 Å². The van der Waals surface area contributed by atoms with Crippen LogP contribution in [-0.2, 0) is 4.79 Å². The van der Waals surface area contributed by atoms with Crippen molar-refractivity contribution in [2.45, 2.75) is 18.9 Å². The summed E-state index contributed by atoms with van der Waals surface area (Å²) in [5, 5.41) is 14.7. The lowest BCUT2D eigenvalue weighted by Crippen LogP contribution is -2.32. The van der Waals surface area contributed by atoms with E-state index in [1.807, 2.05) is 17.5 Å². The third-order valence-electron chi connectivity index (χ3n) is 2.98. The first-order valence-corrected chi connectivity index (χ1v) is 7.10. The second kappa shape index (κ2) is 6.50. The lowest BCUT2D eigenvalue weighted by molar-refractivity contribution is -0.129. The first kappa shape index (κ1) is 13.8. The molecule has 100 valence electrons. The van der Waals surface area contributed by atoms with E-state index in [0.29, 0.717) is 12.1 Å². The number of carbonyl (C=O) groups excluding carboxylic acids is 1. The number of thiophene rings is 1.